The first-order valence-electron chi connectivity index (χ1n) is 52.5. The second-order valence-electron chi connectivity index (χ2n) is 41.8. The third-order valence-electron chi connectivity index (χ3n) is 31.7. The lowest BCUT2D eigenvalue weighted by Crippen LogP contribution is -2.25. The maximum Gasteiger partial charge on any atom is 0.0725 e. The molecule has 0 saturated heterocycles. The second kappa shape index (κ2) is 39.2. The third kappa shape index (κ3) is 16.7. The zero-order chi connectivity index (χ0) is 101. The molecule has 0 fully saturated rings. The Morgan fingerprint density at radius 3 is 0.864 bits per heavy atom. The van der Waals surface area contributed by atoms with Gasteiger partial charge in [-0.05, 0) is 291 Å². The first-order chi connectivity index (χ1) is 71.6. The highest BCUT2D eigenvalue weighted by atomic mass is 15.0. The minimum atomic E-state index is -0.189. The SMILES string of the molecule is CC.Cc1ccc(-n2c3ccccc3c3cc(C)ccc32)cc1.Cc1ccc(-n2c3ccccc3c3ccc(C)cc32)cc1.Cc1ccc2c(c1)-c1ccccc1C2(C)C.Cc1ccc2c(c1)-c1ccccc1C21c2ccccc2-c2ccccc21.Cc1ccc2c(c1)C(C)(C)c1ccccc1-2.Cc1ccc2c(c1)C1(c3ccccc3-c3ccccc31)c1ccccc1-2.Cc1ccc2c(c1)CC2.c1ccc2ccccc2c1. The van der Waals surface area contributed by atoms with Crippen LogP contribution < -0.4 is 0 Å². The summed E-state index contributed by atoms with van der Waals surface area (Å²) in [5.74, 6) is 0. The molecule has 0 unspecified atom stereocenters. The highest BCUT2D eigenvalue weighted by Crippen LogP contribution is 2.65. The van der Waals surface area contributed by atoms with Crippen molar-refractivity contribution in [3.63, 3.8) is 0 Å². The Morgan fingerprint density at radius 1 is 0.163 bits per heavy atom. The summed E-state index contributed by atoms with van der Waals surface area (Å²) in [6, 6.07) is 170. The summed E-state index contributed by atoms with van der Waals surface area (Å²) in [6.45, 7) is 32.7. The number of nitrogens with zero attached hydrogens (tertiary/aromatic N) is 2. The first-order valence-corrected chi connectivity index (χ1v) is 52.5. The van der Waals surface area contributed by atoms with E-state index in [1.165, 1.54) is 262 Å². The number of hydrogen-bond acceptors (Lipinski definition) is 0. The highest BCUT2D eigenvalue weighted by Gasteiger charge is 2.53. The van der Waals surface area contributed by atoms with E-state index in [2.05, 4.69) is 566 Å². The molecule has 0 bridgehead atoms. The zero-order valence-corrected chi connectivity index (χ0v) is 87.3. The van der Waals surface area contributed by atoms with Gasteiger partial charge in [-0.1, -0.05) is 499 Å². The molecule has 0 saturated carbocycles. The topological polar surface area (TPSA) is 9.86 Å². The third-order valence-corrected chi connectivity index (χ3v) is 31.7. The molecule has 147 heavy (non-hydrogen) atoms. The van der Waals surface area contributed by atoms with Crippen LogP contribution in [0.2, 0.25) is 0 Å². The number of benzene rings is 21. The van der Waals surface area contributed by atoms with E-state index in [1.807, 2.05) is 13.8 Å². The van der Waals surface area contributed by atoms with Crippen molar-refractivity contribution >= 4 is 54.4 Å². The van der Waals surface area contributed by atoms with Crippen molar-refractivity contribution in [3.8, 4) is 78.1 Å². The first kappa shape index (κ1) is 95.3. The molecule has 2 heteroatoms. The van der Waals surface area contributed by atoms with Crippen molar-refractivity contribution in [3.05, 3.63) is 595 Å². The van der Waals surface area contributed by atoms with Crippen LogP contribution in [-0.2, 0) is 34.5 Å². The van der Waals surface area contributed by atoms with Crippen molar-refractivity contribution in [1.82, 2.24) is 9.13 Å². The number of rotatable bonds is 2. The highest BCUT2D eigenvalue weighted by molar-refractivity contribution is 6.11. The molecule has 0 radical (unpaired) electrons. The molecule has 2 spiro atoms. The molecule has 2 nitrogen and oxygen atoms in total. The van der Waals surface area contributed by atoms with Gasteiger partial charge in [-0.2, -0.15) is 0 Å². The molecular formula is C145H126N2. The van der Waals surface area contributed by atoms with Crippen molar-refractivity contribution in [1.29, 1.82) is 0 Å². The Morgan fingerprint density at radius 2 is 0.422 bits per heavy atom. The fourth-order valence-electron chi connectivity index (χ4n) is 24.6. The number of aromatic nitrogens is 2. The number of aryl methyl sites for hydroxylation is 11. The Kier molecular flexibility index (Phi) is 25.4. The van der Waals surface area contributed by atoms with Gasteiger partial charge in [0.1, 0.15) is 0 Å². The molecule has 7 aliphatic rings. The summed E-state index contributed by atoms with van der Waals surface area (Å²) >= 11 is 0. The minimum absolute atomic E-state index is 0.151. The van der Waals surface area contributed by atoms with Gasteiger partial charge in [-0.15, -0.1) is 0 Å². The van der Waals surface area contributed by atoms with Crippen molar-refractivity contribution in [2.24, 2.45) is 0 Å². The van der Waals surface area contributed by atoms with E-state index in [9.17, 15) is 0 Å². The van der Waals surface area contributed by atoms with E-state index in [0.717, 1.165) is 0 Å². The minimum Gasteiger partial charge on any atom is -0.309 e. The molecule has 0 aliphatic heterocycles. The van der Waals surface area contributed by atoms with Crippen LogP contribution in [0.15, 0.2) is 467 Å². The molecule has 21 aromatic carbocycles. The van der Waals surface area contributed by atoms with Crippen LogP contribution in [0.4, 0.5) is 0 Å². The summed E-state index contributed by atoms with van der Waals surface area (Å²) in [7, 11) is 0. The quantitative estimate of drug-likeness (QED) is 0.163. The predicted octanol–water partition coefficient (Wildman–Crippen LogP) is 38.0. The van der Waals surface area contributed by atoms with E-state index in [1.54, 1.807) is 11.1 Å². The molecule has 0 atom stereocenters. The summed E-state index contributed by atoms with van der Waals surface area (Å²) < 4.78 is 4.71. The van der Waals surface area contributed by atoms with Gasteiger partial charge in [0.15, 0.2) is 0 Å². The Bertz CT molecular complexity index is 8800. The fraction of sp³-hybridized carbons (Fsp3) is 0.145. The Balaban J connectivity index is 0.0000000970. The van der Waals surface area contributed by atoms with Crippen LogP contribution >= 0.6 is 0 Å². The van der Waals surface area contributed by atoms with Crippen molar-refractivity contribution < 1.29 is 0 Å². The lowest BCUT2D eigenvalue weighted by molar-refractivity contribution is 0.660. The van der Waals surface area contributed by atoms with E-state index in [4.69, 9.17) is 0 Å². The van der Waals surface area contributed by atoms with Gasteiger partial charge in [0.25, 0.3) is 0 Å². The van der Waals surface area contributed by atoms with Gasteiger partial charge >= 0.3 is 0 Å². The lowest BCUT2D eigenvalue weighted by Gasteiger charge is -2.30. The van der Waals surface area contributed by atoms with Gasteiger partial charge in [-0.3, -0.25) is 0 Å². The average molecular weight is 1900 g/mol. The number of hydrogen-bond donors (Lipinski definition) is 0. The predicted molar refractivity (Wildman–Crippen MR) is 627 cm³/mol. The maximum atomic E-state index is 2.40. The van der Waals surface area contributed by atoms with Gasteiger partial charge in [0.2, 0.25) is 0 Å². The largest absolute Gasteiger partial charge is 0.309 e. The van der Waals surface area contributed by atoms with Gasteiger partial charge < -0.3 is 9.13 Å². The fourth-order valence-corrected chi connectivity index (χ4v) is 24.6. The van der Waals surface area contributed by atoms with E-state index in [0.29, 0.717) is 0 Å². The summed E-state index contributed by atoms with van der Waals surface area (Å²) in [4.78, 5) is 0. The van der Waals surface area contributed by atoms with Gasteiger partial charge in [0.05, 0.1) is 32.9 Å². The molecule has 0 N–H and O–H groups in total. The summed E-state index contributed by atoms with van der Waals surface area (Å²) in [5.41, 5.74) is 56.2. The average Bonchev–Trinajstić information content (AvgIpc) is 1.51. The zero-order valence-electron chi connectivity index (χ0n) is 87.3. The maximum absolute atomic E-state index is 2.40. The van der Waals surface area contributed by atoms with Crippen LogP contribution in [0.5, 0.6) is 0 Å². The Hall–Kier alpha value is -16.5. The van der Waals surface area contributed by atoms with Crippen molar-refractivity contribution in [2.75, 3.05) is 0 Å². The molecule has 2 heterocycles. The van der Waals surface area contributed by atoms with Crippen molar-refractivity contribution in [2.45, 2.75) is 138 Å². The monoisotopic (exact) mass is 1890 g/mol. The van der Waals surface area contributed by atoms with Crippen LogP contribution in [0.1, 0.15) is 170 Å². The van der Waals surface area contributed by atoms with Gasteiger partial charge in [0, 0.05) is 43.7 Å². The molecule has 716 valence electrons. The van der Waals surface area contributed by atoms with E-state index < -0.39 is 0 Å². The van der Waals surface area contributed by atoms with E-state index in [-0.39, 0.29) is 21.7 Å². The van der Waals surface area contributed by atoms with Crippen LogP contribution in [0, 0.1) is 62.3 Å². The molecule has 2 aromatic heterocycles. The van der Waals surface area contributed by atoms with Crippen LogP contribution in [0.3, 0.4) is 0 Å². The molecular weight excluding hydrogens is 1770 g/mol. The molecule has 7 aliphatic carbocycles. The molecule has 23 aromatic rings. The van der Waals surface area contributed by atoms with Crippen LogP contribution in [0.25, 0.3) is 133 Å². The molecule has 30 rings (SSSR count). The standard InChI is InChI=1S/2C26H18.2C20H17N.2C16H16.C10H8.C9H10.C2H6/c1-17-14-15-25-21(16-17)20-10-4-7-13-24(20)26(25)22-11-5-2-8-18(22)19-9-3-6-12-23(19)26;1-17-14-15-21-20-10-4-7-13-24(20)26(25(21)16-17)22-11-5-2-8-18(22)19-9-3-6-12-23(19)26;1-14-7-10-16(11-8-14)21-19-6-4-3-5-17(19)18-13-15(2)9-12-20(18)21;1-14-7-10-16(11-8-14)21-19-6-4-3-5-17(19)18-12-9-15(2)13-20(18)21;1-11-8-9-15-13(10-11)12-6-4-5-7-14(12)16(15,2)3;1-11-8-9-13-12-6-4-5-7-14(12)16(2,3)15(13)10-11;1-2-6-10-8-4-3-7-9(10)5-1;1-7-2-3-8-4-5-9(8)6-7;1-2/h2*2-16H,1H3;2*3-13H,1-2H3;2*4-10H,1-3H3;1-8H;2-3,6H,4-5H2,1H3;1-2H3. The summed E-state index contributed by atoms with van der Waals surface area (Å²) in [5, 5.41) is 7.89. The van der Waals surface area contributed by atoms with E-state index >= 15 is 0 Å². The molecule has 0 amide bonds. The smallest absolute Gasteiger partial charge is 0.0725 e. The van der Waals surface area contributed by atoms with Crippen LogP contribution in [-0.4, -0.2) is 9.13 Å². The second-order valence-corrected chi connectivity index (χ2v) is 41.8. The normalized spacial score (nSPS) is 13.4. The Labute approximate surface area is 868 Å². The number of fused-ring (bicyclic) bond motifs is 34. The number of para-hydroxylation sites is 2. The lowest BCUT2D eigenvalue weighted by atomic mass is 9.70. The van der Waals surface area contributed by atoms with Gasteiger partial charge in [-0.25, -0.2) is 0 Å². The summed E-state index contributed by atoms with van der Waals surface area (Å²) in [6.07, 6.45) is 2.60.